The summed E-state index contributed by atoms with van der Waals surface area (Å²) in [5.41, 5.74) is -0.668. The van der Waals surface area contributed by atoms with Gasteiger partial charge in [-0.3, -0.25) is 10.1 Å². The predicted molar refractivity (Wildman–Crippen MR) is 97.4 cm³/mol. The molecule has 2 bridgehead atoms. The van der Waals surface area contributed by atoms with Crippen molar-refractivity contribution < 1.29 is 14.5 Å². The van der Waals surface area contributed by atoms with Crippen molar-refractivity contribution in [1.29, 1.82) is 0 Å². The lowest BCUT2D eigenvalue weighted by Crippen LogP contribution is -2.51. The highest BCUT2D eigenvalue weighted by Crippen LogP contribution is 2.38. The van der Waals surface area contributed by atoms with Gasteiger partial charge in [0.1, 0.15) is 5.60 Å². The van der Waals surface area contributed by atoms with Crippen LogP contribution in [0.3, 0.4) is 0 Å². The maximum Gasteiger partial charge on any atom is 0.410 e. The van der Waals surface area contributed by atoms with E-state index in [1.807, 2.05) is 25.7 Å². The molecule has 142 valence electrons. The highest BCUT2D eigenvalue weighted by Gasteiger charge is 2.45. The Balaban J connectivity index is 1.70. The van der Waals surface area contributed by atoms with E-state index in [1.165, 1.54) is 12.3 Å². The number of nitro groups is 1. The molecule has 3 heterocycles. The Bertz CT molecular complexity index is 707. The van der Waals surface area contributed by atoms with Gasteiger partial charge < -0.3 is 15.0 Å². The van der Waals surface area contributed by atoms with E-state index in [0.29, 0.717) is 12.8 Å². The molecule has 1 aromatic heterocycles. The van der Waals surface area contributed by atoms with Gasteiger partial charge in [0.25, 0.3) is 0 Å². The normalized spacial score (nSPS) is 25.1. The van der Waals surface area contributed by atoms with Crippen LogP contribution in [0.15, 0.2) is 12.3 Å². The minimum absolute atomic E-state index is 0.0126. The summed E-state index contributed by atoms with van der Waals surface area (Å²) in [7, 11) is 0. The lowest BCUT2D eigenvalue weighted by atomic mass is 9.97. The Morgan fingerprint density at radius 3 is 2.54 bits per heavy atom. The molecule has 0 aromatic carbocycles. The summed E-state index contributed by atoms with van der Waals surface area (Å²) in [6, 6.07) is 1.46. The predicted octanol–water partition coefficient (Wildman–Crippen LogP) is 3.99. The van der Waals surface area contributed by atoms with Crippen LogP contribution in [0, 0.1) is 10.1 Å². The molecule has 2 atom stereocenters. The molecule has 0 saturated carbocycles. The number of pyridine rings is 1. The Labute approximate surface area is 157 Å². The number of piperidine rings is 1. The highest BCUT2D eigenvalue weighted by molar-refractivity contribution is 6.30. The number of nitrogens with one attached hydrogen (secondary N) is 1. The Morgan fingerprint density at radius 2 is 2.00 bits per heavy atom. The van der Waals surface area contributed by atoms with Crippen LogP contribution in [-0.4, -0.2) is 44.6 Å². The number of hydrogen-bond acceptors (Lipinski definition) is 6. The van der Waals surface area contributed by atoms with Gasteiger partial charge in [0.2, 0.25) is 5.82 Å². The van der Waals surface area contributed by atoms with Crippen LogP contribution in [-0.2, 0) is 4.74 Å². The van der Waals surface area contributed by atoms with E-state index in [9.17, 15) is 14.9 Å². The zero-order valence-electron chi connectivity index (χ0n) is 15.1. The first-order chi connectivity index (χ1) is 12.1. The Hall–Kier alpha value is -2.09. The van der Waals surface area contributed by atoms with Gasteiger partial charge in [0, 0.05) is 30.4 Å². The molecule has 2 saturated heterocycles. The average Bonchev–Trinajstić information content (AvgIpc) is 2.79. The van der Waals surface area contributed by atoms with Gasteiger partial charge in [-0.25, -0.2) is 9.78 Å². The molecule has 2 aliphatic heterocycles. The molecular weight excluding hydrogens is 360 g/mol. The minimum atomic E-state index is -0.528. The van der Waals surface area contributed by atoms with Crippen LogP contribution in [0.25, 0.3) is 0 Å². The number of anilines is 1. The van der Waals surface area contributed by atoms with Crippen molar-refractivity contribution in [3.8, 4) is 0 Å². The number of carbonyl (C=O) groups is 1. The molecule has 2 fully saturated rings. The summed E-state index contributed by atoms with van der Waals surface area (Å²) in [6.45, 7) is 5.56. The molecule has 0 aliphatic carbocycles. The second-order valence-electron chi connectivity index (χ2n) is 7.86. The third kappa shape index (κ3) is 4.00. The number of nitrogens with zero attached hydrogens (tertiary/aromatic N) is 3. The van der Waals surface area contributed by atoms with Crippen molar-refractivity contribution in [1.82, 2.24) is 9.88 Å². The number of carbonyl (C=O) groups excluding carboxylic acids is 1. The molecule has 26 heavy (non-hydrogen) atoms. The minimum Gasteiger partial charge on any atom is -0.444 e. The number of hydrogen-bond donors (Lipinski definition) is 1. The zero-order chi connectivity index (χ0) is 19.1. The number of aromatic nitrogens is 1. The molecule has 3 rings (SSSR count). The van der Waals surface area contributed by atoms with Gasteiger partial charge in [-0.15, -0.1) is 0 Å². The fourth-order valence-corrected chi connectivity index (χ4v) is 3.93. The van der Waals surface area contributed by atoms with Crippen LogP contribution in [0.1, 0.15) is 46.5 Å². The maximum atomic E-state index is 12.5. The van der Waals surface area contributed by atoms with Gasteiger partial charge in [-0.2, -0.15) is 0 Å². The summed E-state index contributed by atoms with van der Waals surface area (Å²) in [5.74, 6) is 0.217. The number of fused-ring (bicyclic) bond motifs is 2. The molecular formula is C17H23ClN4O4. The largest absolute Gasteiger partial charge is 0.444 e. The second-order valence-corrected chi connectivity index (χ2v) is 8.30. The first-order valence-corrected chi connectivity index (χ1v) is 9.09. The van der Waals surface area contributed by atoms with E-state index in [-0.39, 0.29) is 40.7 Å². The van der Waals surface area contributed by atoms with Crippen molar-refractivity contribution in [3.63, 3.8) is 0 Å². The number of rotatable bonds is 3. The van der Waals surface area contributed by atoms with Crippen molar-refractivity contribution >= 4 is 29.2 Å². The Kier molecular flexibility index (Phi) is 4.96. The van der Waals surface area contributed by atoms with Crippen LogP contribution in [0.5, 0.6) is 0 Å². The molecule has 8 nitrogen and oxygen atoms in total. The SMILES string of the molecule is CC(C)(C)OC(=O)N1C2CCC1CC(Nc1ncc(Cl)cc1[N+](=O)[O-])C2. The van der Waals surface area contributed by atoms with E-state index in [2.05, 4.69) is 10.3 Å². The van der Waals surface area contributed by atoms with E-state index >= 15 is 0 Å². The number of amides is 1. The topological polar surface area (TPSA) is 97.6 Å². The molecule has 2 aliphatic rings. The summed E-state index contributed by atoms with van der Waals surface area (Å²) in [5, 5.41) is 14.6. The van der Waals surface area contributed by atoms with Crippen LogP contribution >= 0.6 is 11.6 Å². The molecule has 9 heteroatoms. The second kappa shape index (κ2) is 6.90. The lowest BCUT2D eigenvalue weighted by Gasteiger charge is -2.39. The summed E-state index contributed by atoms with van der Waals surface area (Å²) in [4.78, 5) is 29.1. The molecule has 1 N–H and O–H groups in total. The standard InChI is InChI=1S/C17H23ClN4O4/c1-17(2,3)26-16(23)21-12-4-5-13(21)8-11(7-12)20-15-14(22(24)25)6-10(18)9-19-15/h6,9,11-13H,4-5,7-8H2,1-3H3,(H,19,20). The quantitative estimate of drug-likeness (QED) is 0.627. The third-order valence-electron chi connectivity index (χ3n) is 4.71. The average molecular weight is 383 g/mol. The Morgan fingerprint density at radius 1 is 1.38 bits per heavy atom. The third-order valence-corrected chi connectivity index (χ3v) is 4.92. The van der Waals surface area contributed by atoms with Gasteiger partial charge >= 0.3 is 11.8 Å². The van der Waals surface area contributed by atoms with Gasteiger partial charge in [-0.05, 0) is 46.5 Å². The van der Waals surface area contributed by atoms with Crippen molar-refractivity contribution in [2.45, 2.75) is 70.2 Å². The first kappa shape index (κ1) is 18.7. The van der Waals surface area contributed by atoms with Crippen LogP contribution in [0.2, 0.25) is 5.02 Å². The van der Waals surface area contributed by atoms with Crippen LogP contribution in [0.4, 0.5) is 16.3 Å². The lowest BCUT2D eigenvalue weighted by molar-refractivity contribution is -0.384. The van der Waals surface area contributed by atoms with Gasteiger partial charge in [-0.1, -0.05) is 11.6 Å². The first-order valence-electron chi connectivity index (χ1n) is 8.72. The molecule has 2 unspecified atom stereocenters. The van der Waals surface area contributed by atoms with E-state index in [1.54, 1.807) is 0 Å². The highest BCUT2D eigenvalue weighted by atomic mass is 35.5. The molecule has 1 amide bonds. The van der Waals surface area contributed by atoms with Crippen molar-refractivity contribution in [2.75, 3.05) is 5.32 Å². The summed E-state index contributed by atoms with van der Waals surface area (Å²) in [6.07, 6.45) is 4.35. The van der Waals surface area contributed by atoms with Crippen molar-refractivity contribution in [3.05, 3.63) is 27.4 Å². The molecule has 0 radical (unpaired) electrons. The number of halogens is 1. The van der Waals surface area contributed by atoms with E-state index < -0.39 is 10.5 Å². The monoisotopic (exact) mass is 382 g/mol. The fraction of sp³-hybridized carbons (Fsp3) is 0.647. The van der Waals surface area contributed by atoms with Crippen molar-refractivity contribution in [2.24, 2.45) is 0 Å². The smallest absolute Gasteiger partial charge is 0.410 e. The fourth-order valence-electron chi connectivity index (χ4n) is 3.78. The van der Waals surface area contributed by atoms with Gasteiger partial charge in [0.05, 0.1) is 9.95 Å². The van der Waals surface area contributed by atoms with Gasteiger partial charge in [0.15, 0.2) is 0 Å². The summed E-state index contributed by atoms with van der Waals surface area (Å²) < 4.78 is 5.53. The maximum absolute atomic E-state index is 12.5. The van der Waals surface area contributed by atoms with E-state index in [0.717, 1.165) is 12.8 Å². The molecule has 1 aromatic rings. The van der Waals surface area contributed by atoms with Crippen LogP contribution < -0.4 is 5.32 Å². The number of ether oxygens (including phenoxy) is 1. The van der Waals surface area contributed by atoms with E-state index in [4.69, 9.17) is 16.3 Å². The summed E-state index contributed by atoms with van der Waals surface area (Å²) >= 11 is 5.81. The molecule has 0 spiro atoms. The zero-order valence-corrected chi connectivity index (χ0v) is 15.8.